The summed E-state index contributed by atoms with van der Waals surface area (Å²) in [7, 11) is 1.53. The monoisotopic (exact) mass is 341 g/mol. The van der Waals surface area contributed by atoms with Crippen molar-refractivity contribution < 1.29 is 28.6 Å². The Labute approximate surface area is 141 Å². The second-order valence-electron chi connectivity index (χ2n) is 5.85. The van der Waals surface area contributed by atoms with Crippen LogP contribution in [0.2, 0.25) is 0 Å². The molecule has 0 aromatic heterocycles. The number of rotatable bonds is 10. The van der Waals surface area contributed by atoms with Crippen molar-refractivity contribution in [1.82, 2.24) is 5.32 Å². The third-order valence-electron chi connectivity index (χ3n) is 3.31. The molecule has 0 aliphatic carbocycles. The number of carboxylic acids is 1. The van der Waals surface area contributed by atoms with Gasteiger partial charge in [-0.3, -0.25) is 4.79 Å². The van der Waals surface area contributed by atoms with E-state index >= 15 is 0 Å². The van der Waals surface area contributed by atoms with E-state index in [1.54, 1.807) is 0 Å². The number of hydrogen-bond donors (Lipinski definition) is 2. The maximum absolute atomic E-state index is 13.8. The van der Waals surface area contributed by atoms with Crippen molar-refractivity contribution in [3.63, 3.8) is 0 Å². The van der Waals surface area contributed by atoms with Crippen molar-refractivity contribution in [2.75, 3.05) is 20.3 Å². The van der Waals surface area contributed by atoms with Crippen LogP contribution in [0.1, 0.15) is 36.2 Å². The lowest BCUT2D eigenvalue weighted by atomic mass is 10.0. The normalized spacial score (nSPS) is 12.2. The zero-order valence-corrected chi connectivity index (χ0v) is 14.2. The maximum Gasteiger partial charge on any atom is 0.326 e. The number of carbonyl (C=O) groups is 2. The number of aliphatic carboxylic acids is 1. The standard InChI is InChI=1S/C17H24FNO5/c1-11(2)8-15(17(21)22)19-16(20)12-4-5-14(18)13(9-12)10-24-7-6-23-3/h4-5,9,11,15H,6-8,10H2,1-3H3,(H,19,20)(H,21,22)/t15-/m1/s1. The van der Waals surface area contributed by atoms with Gasteiger partial charge < -0.3 is 19.9 Å². The fourth-order valence-electron chi connectivity index (χ4n) is 2.09. The molecule has 24 heavy (non-hydrogen) atoms. The van der Waals surface area contributed by atoms with E-state index in [-0.39, 0.29) is 23.7 Å². The van der Waals surface area contributed by atoms with Crippen molar-refractivity contribution >= 4 is 11.9 Å². The highest BCUT2D eigenvalue weighted by Gasteiger charge is 2.22. The molecule has 0 spiro atoms. The molecule has 0 saturated carbocycles. The van der Waals surface area contributed by atoms with Crippen molar-refractivity contribution in [3.8, 4) is 0 Å². The van der Waals surface area contributed by atoms with E-state index in [1.807, 2.05) is 13.8 Å². The molecule has 134 valence electrons. The summed E-state index contributed by atoms with van der Waals surface area (Å²) in [4.78, 5) is 23.4. The Balaban J connectivity index is 2.77. The van der Waals surface area contributed by atoms with Gasteiger partial charge in [0, 0.05) is 18.2 Å². The molecule has 1 atom stereocenters. The summed E-state index contributed by atoms with van der Waals surface area (Å²) in [5, 5.41) is 11.6. The predicted molar refractivity (Wildman–Crippen MR) is 86.3 cm³/mol. The van der Waals surface area contributed by atoms with Gasteiger partial charge in [-0.2, -0.15) is 0 Å². The molecule has 1 aromatic carbocycles. The number of hydrogen-bond acceptors (Lipinski definition) is 4. The Hall–Kier alpha value is -1.99. The number of amides is 1. The molecule has 0 aliphatic heterocycles. The van der Waals surface area contributed by atoms with Crippen LogP contribution >= 0.6 is 0 Å². The fraction of sp³-hybridized carbons (Fsp3) is 0.529. The third-order valence-corrected chi connectivity index (χ3v) is 3.31. The first-order valence-electron chi connectivity index (χ1n) is 7.74. The quantitative estimate of drug-likeness (QED) is 0.638. The van der Waals surface area contributed by atoms with Crippen LogP contribution in [-0.4, -0.2) is 43.3 Å². The third kappa shape index (κ3) is 6.64. The topological polar surface area (TPSA) is 84.9 Å². The largest absolute Gasteiger partial charge is 0.480 e. The van der Waals surface area contributed by atoms with Gasteiger partial charge in [0.25, 0.3) is 5.91 Å². The zero-order valence-electron chi connectivity index (χ0n) is 14.2. The van der Waals surface area contributed by atoms with Gasteiger partial charge in [0.2, 0.25) is 0 Å². The van der Waals surface area contributed by atoms with Crippen molar-refractivity contribution in [3.05, 3.63) is 35.1 Å². The van der Waals surface area contributed by atoms with E-state index in [0.717, 1.165) is 0 Å². The molecule has 0 aliphatic rings. The molecule has 1 amide bonds. The van der Waals surface area contributed by atoms with Gasteiger partial charge in [0.1, 0.15) is 11.9 Å². The van der Waals surface area contributed by atoms with Crippen LogP contribution < -0.4 is 5.32 Å². The Bertz CT molecular complexity index is 562. The minimum absolute atomic E-state index is 0.00463. The maximum atomic E-state index is 13.8. The van der Waals surface area contributed by atoms with Crippen LogP contribution in [0.5, 0.6) is 0 Å². The van der Waals surface area contributed by atoms with Crippen LogP contribution in [0.3, 0.4) is 0 Å². The predicted octanol–water partition coefficient (Wildman–Crippen LogP) is 2.22. The van der Waals surface area contributed by atoms with E-state index in [2.05, 4.69) is 5.32 Å². The SMILES string of the molecule is COCCOCc1cc(C(=O)N[C@H](CC(C)C)C(=O)O)ccc1F. The van der Waals surface area contributed by atoms with Gasteiger partial charge in [0.05, 0.1) is 19.8 Å². The van der Waals surface area contributed by atoms with E-state index in [0.29, 0.717) is 19.6 Å². The van der Waals surface area contributed by atoms with Crippen LogP contribution in [0.4, 0.5) is 4.39 Å². The van der Waals surface area contributed by atoms with E-state index in [4.69, 9.17) is 9.47 Å². The Morgan fingerprint density at radius 3 is 2.58 bits per heavy atom. The number of ether oxygens (including phenoxy) is 2. The van der Waals surface area contributed by atoms with Crippen LogP contribution in [-0.2, 0) is 20.9 Å². The number of halogens is 1. The molecule has 1 rings (SSSR count). The molecule has 0 fully saturated rings. The highest BCUT2D eigenvalue weighted by Crippen LogP contribution is 2.13. The van der Waals surface area contributed by atoms with Crippen molar-refractivity contribution in [1.29, 1.82) is 0 Å². The van der Waals surface area contributed by atoms with Gasteiger partial charge in [0.15, 0.2) is 0 Å². The lowest BCUT2D eigenvalue weighted by molar-refractivity contribution is -0.139. The molecular weight excluding hydrogens is 317 g/mol. The molecule has 0 unspecified atom stereocenters. The van der Waals surface area contributed by atoms with Gasteiger partial charge >= 0.3 is 5.97 Å². The van der Waals surface area contributed by atoms with E-state index in [9.17, 15) is 19.1 Å². The molecule has 7 heteroatoms. The highest BCUT2D eigenvalue weighted by atomic mass is 19.1. The molecule has 2 N–H and O–H groups in total. The lowest BCUT2D eigenvalue weighted by Crippen LogP contribution is -2.41. The number of nitrogens with one attached hydrogen (secondary N) is 1. The van der Waals surface area contributed by atoms with Gasteiger partial charge in [-0.25, -0.2) is 9.18 Å². The van der Waals surface area contributed by atoms with Crippen molar-refractivity contribution in [2.45, 2.75) is 32.9 Å². The van der Waals surface area contributed by atoms with Gasteiger partial charge in [-0.05, 0) is 30.5 Å². The Kier molecular flexibility index (Phi) is 8.35. The highest BCUT2D eigenvalue weighted by molar-refractivity contribution is 5.96. The molecular formula is C17H24FNO5. The first-order chi connectivity index (χ1) is 11.3. The average Bonchev–Trinajstić information content (AvgIpc) is 2.51. The summed E-state index contributed by atoms with van der Waals surface area (Å²) in [5.74, 6) is -2.02. The summed E-state index contributed by atoms with van der Waals surface area (Å²) in [6.07, 6.45) is 0.315. The average molecular weight is 341 g/mol. The van der Waals surface area contributed by atoms with Gasteiger partial charge in [-0.15, -0.1) is 0 Å². The van der Waals surface area contributed by atoms with Crippen LogP contribution in [0, 0.1) is 11.7 Å². The lowest BCUT2D eigenvalue weighted by Gasteiger charge is -2.17. The van der Waals surface area contributed by atoms with Crippen molar-refractivity contribution in [2.24, 2.45) is 5.92 Å². The second kappa shape index (κ2) is 10.00. The Morgan fingerprint density at radius 2 is 2.00 bits per heavy atom. The van der Waals surface area contributed by atoms with Crippen LogP contribution in [0.15, 0.2) is 18.2 Å². The summed E-state index contributed by atoms with van der Waals surface area (Å²) in [6.45, 7) is 4.44. The summed E-state index contributed by atoms with van der Waals surface area (Å²) < 4.78 is 23.9. The molecule has 0 radical (unpaired) electrons. The molecule has 0 heterocycles. The first-order valence-corrected chi connectivity index (χ1v) is 7.74. The number of carboxylic acid groups (broad SMARTS) is 1. The molecule has 0 saturated heterocycles. The smallest absolute Gasteiger partial charge is 0.326 e. The number of methoxy groups -OCH3 is 1. The number of benzene rings is 1. The second-order valence-corrected chi connectivity index (χ2v) is 5.85. The fourth-order valence-corrected chi connectivity index (χ4v) is 2.09. The molecule has 6 nitrogen and oxygen atoms in total. The minimum atomic E-state index is -1.10. The van der Waals surface area contributed by atoms with Gasteiger partial charge in [-0.1, -0.05) is 13.8 Å². The van der Waals surface area contributed by atoms with Crippen LogP contribution in [0.25, 0.3) is 0 Å². The van der Waals surface area contributed by atoms with E-state index in [1.165, 1.54) is 25.3 Å². The minimum Gasteiger partial charge on any atom is -0.480 e. The summed E-state index contributed by atoms with van der Waals surface area (Å²) >= 11 is 0. The summed E-state index contributed by atoms with van der Waals surface area (Å²) in [6, 6.07) is 2.87. The number of carbonyl (C=O) groups excluding carboxylic acids is 1. The molecule has 1 aromatic rings. The van der Waals surface area contributed by atoms with E-state index < -0.39 is 23.7 Å². The Morgan fingerprint density at radius 1 is 1.29 bits per heavy atom. The molecule has 0 bridgehead atoms. The first kappa shape index (κ1) is 20.1. The summed E-state index contributed by atoms with van der Waals surface area (Å²) in [5.41, 5.74) is 0.422. The zero-order chi connectivity index (χ0) is 18.1.